The molecule has 0 bridgehead atoms. The van der Waals surface area contributed by atoms with E-state index in [1.165, 1.54) is 22.3 Å². The molecule has 218 valence electrons. The van der Waals surface area contributed by atoms with Crippen molar-refractivity contribution in [3.63, 3.8) is 0 Å². The van der Waals surface area contributed by atoms with Gasteiger partial charge in [0.15, 0.2) is 0 Å². The lowest BCUT2D eigenvalue weighted by molar-refractivity contribution is -0.144. The summed E-state index contributed by atoms with van der Waals surface area (Å²) in [6, 6.07) is 7.08. The Hall–Kier alpha value is -2.90. The van der Waals surface area contributed by atoms with E-state index in [0.29, 0.717) is 23.7 Å². The molecule has 2 amide bonds. The molecule has 4 fully saturated rings. The van der Waals surface area contributed by atoms with Gasteiger partial charge in [0.1, 0.15) is 11.7 Å². The SMILES string of the molecule is Cc1cc(C2C=CC(C3C=CN(CC(C)C)N3)=CC2)ccc1C1NC2(CC2)C(=O)N1CC1CN(C(=O)C2(C)CC2)C1. The average Bonchev–Trinajstić information content (AvgIpc) is 3.81. The highest BCUT2D eigenvalue weighted by Crippen LogP contribution is 2.49. The van der Waals surface area contributed by atoms with E-state index >= 15 is 0 Å². The van der Waals surface area contributed by atoms with Gasteiger partial charge in [-0.2, -0.15) is 0 Å². The molecular formula is C34H45N5O2. The predicted molar refractivity (Wildman–Crippen MR) is 160 cm³/mol. The standard InChI is InChI=1S/C34H45N5O2/c1-22(2)18-38-16-11-29(36-38)26-7-5-25(6-8-26)27-9-10-28(23(3)17-27)30-35-34(14-15-34)32(41)39(30)21-24-19-37(20-24)31(40)33(4)12-13-33/h5,7-11,16-17,22,24-25,29-30,35-36H,6,12-15,18-21H2,1-4H3. The monoisotopic (exact) mass is 555 g/mol. The molecule has 3 heterocycles. The van der Waals surface area contributed by atoms with Crippen molar-refractivity contribution in [2.24, 2.45) is 17.3 Å². The highest BCUT2D eigenvalue weighted by molar-refractivity contribution is 5.92. The van der Waals surface area contributed by atoms with Crippen LogP contribution in [0.25, 0.3) is 0 Å². The molecule has 1 aromatic rings. The number of likely N-dealkylation sites (tertiary alicyclic amines) is 1. The molecule has 1 aromatic carbocycles. The summed E-state index contributed by atoms with van der Waals surface area (Å²) in [6.07, 6.45) is 16.2. The second-order valence-corrected chi connectivity index (χ2v) is 14.2. The molecule has 2 N–H and O–H groups in total. The summed E-state index contributed by atoms with van der Waals surface area (Å²) in [7, 11) is 0. The van der Waals surface area contributed by atoms with Gasteiger partial charge in [-0.3, -0.25) is 14.9 Å². The molecule has 3 aliphatic heterocycles. The molecule has 2 saturated heterocycles. The minimum atomic E-state index is -0.364. The number of nitrogens with zero attached hydrogens (tertiary/aromatic N) is 3. The first kappa shape index (κ1) is 27.0. The van der Waals surface area contributed by atoms with Crippen molar-refractivity contribution in [2.75, 3.05) is 26.2 Å². The molecule has 0 aromatic heterocycles. The number of allylic oxidation sites excluding steroid dienone is 2. The van der Waals surface area contributed by atoms with E-state index < -0.39 is 0 Å². The highest BCUT2D eigenvalue weighted by Gasteiger charge is 2.60. The first-order valence-electron chi connectivity index (χ1n) is 15.7. The first-order valence-corrected chi connectivity index (χ1v) is 15.7. The van der Waals surface area contributed by atoms with Crippen LogP contribution in [0.3, 0.4) is 0 Å². The zero-order chi connectivity index (χ0) is 28.5. The lowest BCUT2D eigenvalue weighted by atomic mass is 9.87. The van der Waals surface area contributed by atoms with E-state index in [-0.39, 0.29) is 29.1 Å². The Morgan fingerprint density at radius 1 is 1.12 bits per heavy atom. The van der Waals surface area contributed by atoms with E-state index in [1.807, 2.05) is 4.90 Å². The maximum Gasteiger partial charge on any atom is 0.244 e. The van der Waals surface area contributed by atoms with Gasteiger partial charge in [0.25, 0.3) is 0 Å². The first-order chi connectivity index (χ1) is 19.6. The summed E-state index contributed by atoms with van der Waals surface area (Å²) >= 11 is 0. The number of benzene rings is 1. The van der Waals surface area contributed by atoms with Gasteiger partial charge in [-0.1, -0.05) is 57.2 Å². The minimum Gasteiger partial charge on any atom is -0.341 e. The largest absolute Gasteiger partial charge is 0.341 e. The second kappa shape index (κ2) is 9.84. The molecule has 41 heavy (non-hydrogen) atoms. The smallest absolute Gasteiger partial charge is 0.244 e. The van der Waals surface area contributed by atoms with Crippen molar-refractivity contribution in [3.8, 4) is 0 Å². The summed E-state index contributed by atoms with van der Waals surface area (Å²) in [6.45, 7) is 12.0. The van der Waals surface area contributed by atoms with Crippen LogP contribution < -0.4 is 10.7 Å². The quantitative estimate of drug-likeness (QED) is 0.493. The molecule has 1 spiro atoms. The number of amides is 2. The van der Waals surface area contributed by atoms with E-state index in [1.54, 1.807) is 0 Å². The lowest BCUT2D eigenvalue weighted by Crippen LogP contribution is -2.56. The number of nitrogens with one attached hydrogen (secondary N) is 2. The van der Waals surface area contributed by atoms with Crippen molar-refractivity contribution in [3.05, 3.63) is 71.0 Å². The number of carbonyl (C=O) groups is 2. The van der Waals surface area contributed by atoms with Crippen LogP contribution in [0.5, 0.6) is 0 Å². The van der Waals surface area contributed by atoms with Gasteiger partial charge in [-0.15, -0.1) is 0 Å². The molecular weight excluding hydrogens is 510 g/mol. The van der Waals surface area contributed by atoms with Crippen LogP contribution in [0.4, 0.5) is 0 Å². The number of hydrogen-bond donors (Lipinski definition) is 2. The van der Waals surface area contributed by atoms with Gasteiger partial charge < -0.3 is 14.8 Å². The van der Waals surface area contributed by atoms with Gasteiger partial charge >= 0.3 is 0 Å². The summed E-state index contributed by atoms with van der Waals surface area (Å²) in [5.41, 5.74) is 8.21. The predicted octanol–water partition coefficient (Wildman–Crippen LogP) is 4.54. The van der Waals surface area contributed by atoms with Crippen LogP contribution in [0.15, 0.2) is 54.3 Å². The highest BCUT2D eigenvalue weighted by atomic mass is 16.2. The van der Waals surface area contributed by atoms with Gasteiger partial charge in [-0.05, 0) is 73.3 Å². The zero-order valence-electron chi connectivity index (χ0n) is 25.0. The lowest BCUT2D eigenvalue weighted by Gasteiger charge is -2.43. The fourth-order valence-electron chi connectivity index (χ4n) is 7.12. The Kier molecular flexibility index (Phi) is 6.47. The van der Waals surface area contributed by atoms with E-state index in [2.05, 4.69) is 97.0 Å². The Morgan fingerprint density at radius 2 is 1.90 bits per heavy atom. The van der Waals surface area contributed by atoms with Crippen LogP contribution in [0.2, 0.25) is 0 Å². The molecule has 2 saturated carbocycles. The Labute approximate surface area is 244 Å². The number of rotatable bonds is 8. The van der Waals surface area contributed by atoms with Crippen LogP contribution in [-0.4, -0.2) is 64.4 Å². The average molecular weight is 556 g/mol. The Bertz CT molecular complexity index is 1330. The molecule has 6 aliphatic rings. The third-order valence-corrected chi connectivity index (χ3v) is 10.2. The van der Waals surface area contributed by atoms with Gasteiger partial charge in [0.2, 0.25) is 11.8 Å². The Morgan fingerprint density at radius 3 is 2.54 bits per heavy atom. The molecule has 7 nitrogen and oxygen atoms in total. The molecule has 3 unspecified atom stereocenters. The maximum absolute atomic E-state index is 13.5. The van der Waals surface area contributed by atoms with Crippen molar-refractivity contribution >= 4 is 11.8 Å². The molecule has 7 heteroatoms. The maximum atomic E-state index is 13.5. The topological polar surface area (TPSA) is 67.9 Å². The van der Waals surface area contributed by atoms with Gasteiger partial charge in [0.05, 0.1) is 6.04 Å². The molecule has 3 atom stereocenters. The van der Waals surface area contributed by atoms with Crippen LogP contribution in [0, 0.1) is 24.2 Å². The number of hydrogen-bond acceptors (Lipinski definition) is 5. The fourth-order valence-corrected chi connectivity index (χ4v) is 7.12. The summed E-state index contributed by atoms with van der Waals surface area (Å²) < 4.78 is 0. The third kappa shape index (κ3) is 4.95. The van der Waals surface area contributed by atoms with E-state index in [9.17, 15) is 9.59 Å². The normalized spacial score (nSPS) is 29.5. The van der Waals surface area contributed by atoms with Crippen LogP contribution in [-0.2, 0) is 9.59 Å². The number of aryl methyl sites for hydroxylation is 1. The summed E-state index contributed by atoms with van der Waals surface area (Å²) in [5, 5.41) is 5.92. The van der Waals surface area contributed by atoms with Gasteiger partial charge in [0, 0.05) is 49.6 Å². The van der Waals surface area contributed by atoms with Crippen LogP contribution >= 0.6 is 0 Å². The second-order valence-electron chi connectivity index (χ2n) is 14.2. The van der Waals surface area contributed by atoms with Crippen LogP contribution in [0.1, 0.15) is 81.6 Å². The fraction of sp³-hybridized carbons (Fsp3) is 0.588. The van der Waals surface area contributed by atoms with Crippen molar-refractivity contribution in [2.45, 2.75) is 83.5 Å². The Balaban J connectivity index is 1.00. The van der Waals surface area contributed by atoms with Crippen molar-refractivity contribution in [1.82, 2.24) is 25.6 Å². The van der Waals surface area contributed by atoms with Crippen molar-refractivity contribution in [1.29, 1.82) is 0 Å². The number of carbonyl (C=O) groups excluding carboxylic acids is 2. The van der Waals surface area contributed by atoms with Crippen molar-refractivity contribution < 1.29 is 9.59 Å². The molecule has 7 rings (SSSR count). The summed E-state index contributed by atoms with van der Waals surface area (Å²) in [4.78, 5) is 30.3. The minimum absolute atomic E-state index is 0.0906. The third-order valence-electron chi connectivity index (χ3n) is 10.2. The van der Waals surface area contributed by atoms with E-state index in [4.69, 9.17) is 0 Å². The molecule has 0 radical (unpaired) electrons. The zero-order valence-corrected chi connectivity index (χ0v) is 25.0. The number of hydrazine groups is 1. The summed E-state index contributed by atoms with van der Waals surface area (Å²) in [5.74, 6) is 1.90. The van der Waals surface area contributed by atoms with E-state index in [0.717, 1.165) is 58.3 Å². The van der Waals surface area contributed by atoms with Gasteiger partial charge in [-0.25, -0.2) is 5.43 Å². The molecule has 3 aliphatic carbocycles.